The molecule has 0 heterocycles. The summed E-state index contributed by atoms with van der Waals surface area (Å²) < 4.78 is 39.8. The molecule has 2 rings (SSSR count). The number of hydrogen-bond acceptors (Lipinski definition) is 2. The molecule has 112 valence electrons. The van der Waals surface area contributed by atoms with Crippen molar-refractivity contribution in [2.75, 3.05) is 17.2 Å². The third kappa shape index (κ3) is 3.12. The molecule has 0 atom stereocenters. The molecule has 0 bridgehead atoms. The highest BCUT2D eigenvalue weighted by Crippen LogP contribution is 2.40. The van der Waals surface area contributed by atoms with Crippen LogP contribution in [0.25, 0.3) is 0 Å². The van der Waals surface area contributed by atoms with Crippen LogP contribution in [0, 0.1) is 6.92 Å². The van der Waals surface area contributed by atoms with Gasteiger partial charge in [-0.25, -0.2) is 0 Å². The first-order valence-electron chi connectivity index (χ1n) is 6.64. The van der Waals surface area contributed by atoms with Crippen LogP contribution in [0.15, 0.2) is 42.5 Å². The Morgan fingerprint density at radius 2 is 1.71 bits per heavy atom. The van der Waals surface area contributed by atoms with E-state index >= 15 is 0 Å². The second-order valence-electron chi connectivity index (χ2n) is 4.81. The number of benzene rings is 2. The molecule has 0 aromatic heterocycles. The minimum Gasteiger partial charge on any atom is -0.399 e. The predicted octanol–water partition coefficient (Wildman–Crippen LogP) is 4.75. The molecule has 2 aromatic rings. The second-order valence-corrected chi connectivity index (χ2v) is 4.81. The molecule has 0 unspecified atom stereocenters. The van der Waals surface area contributed by atoms with E-state index in [1.54, 1.807) is 4.90 Å². The SMILES string of the molecule is CCN(c1ccccc1C)c1ccc(N)cc1C(F)(F)F. The number of halogens is 3. The van der Waals surface area contributed by atoms with Crippen molar-refractivity contribution >= 4 is 17.1 Å². The maximum atomic E-state index is 13.3. The van der Waals surface area contributed by atoms with Gasteiger partial charge in [-0.15, -0.1) is 0 Å². The Hall–Kier alpha value is -2.17. The van der Waals surface area contributed by atoms with Gasteiger partial charge in [0.15, 0.2) is 0 Å². The molecule has 0 fully saturated rings. The van der Waals surface area contributed by atoms with E-state index < -0.39 is 11.7 Å². The van der Waals surface area contributed by atoms with Crippen LogP contribution in [0.2, 0.25) is 0 Å². The van der Waals surface area contributed by atoms with E-state index in [0.717, 1.165) is 17.3 Å². The molecule has 0 aliphatic rings. The van der Waals surface area contributed by atoms with Crippen molar-refractivity contribution in [1.29, 1.82) is 0 Å². The summed E-state index contributed by atoms with van der Waals surface area (Å²) in [5, 5.41) is 0. The first-order valence-corrected chi connectivity index (χ1v) is 6.64. The van der Waals surface area contributed by atoms with Crippen molar-refractivity contribution in [1.82, 2.24) is 0 Å². The minimum absolute atomic E-state index is 0.104. The fourth-order valence-corrected chi connectivity index (χ4v) is 2.35. The average Bonchev–Trinajstić information content (AvgIpc) is 2.42. The quantitative estimate of drug-likeness (QED) is 0.827. The van der Waals surface area contributed by atoms with Gasteiger partial charge in [-0.3, -0.25) is 0 Å². The van der Waals surface area contributed by atoms with E-state index in [9.17, 15) is 13.2 Å². The van der Waals surface area contributed by atoms with Gasteiger partial charge in [0.05, 0.1) is 11.3 Å². The van der Waals surface area contributed by atoms with Crippen LogP contribution in [0.5, 0.6) is 0 Å². The Balaban J connectivity index is 2.61. The van der Waals surface area contributed by atoms with Gasteiger partial charge in [0.2, 0.25) is 0 Å². The maximum Gasteiger partial charge on any atom is 0.418 e. The van der Waals surface area contributed by atoms with E-state index in [1.807, 2.05) is 38.1 Å². The van der Waals surface area contributed by atoms with Crippen molar-refractivity contribution < 1.29 is 13.2 Å². The summed E-state index contributed by atoms with van der Waals surface area (Å²) in [6, 6.07) is 11.3. The van der Waals surface area contributed by atoms with Crippen molar-refractivity contribution in [2.45, 2.75) is 20.0 Å². The Labute approximate surface area is 122 Å². The third-order valence-corrected chi connectivity index (χ3v) is 3.34. The molecule has 0 amide bonds. The number of nitrogens with zero attached hydrogens (tertiary/aromatic N) is 1. The number of alkyl halides is 3. The largest absolute Gasteiger partial charge is 0.418 e. The van der Waals surface area contributed by atoms with E-state index in [1.165, 1.54) is 12.1 Å². The van der Waals surface area contributed by atoms with Gasteiger partial charge in [-0.1, -0.05) is 18.2 Å². The van der Waals surface area contributed by atoms with E-state index in [2.05, 4.69) is 0 Å². The minimum atomic E-state index is -4.44. The summed E-state index contributed by atoms with van der Waals surface area (Å²) in [6.45, 7) is 4.13. The predicted molar refractivity (Wildman–Crippen MR) is 79.7 cm³/mol. The Kier molecular flexibility index (Phi) is 4.11. The van der Waals surface area contributed by atoms with Crippen LogP contribution in [-0.2, 0) is 6.18 Å². The smallest absolute Gasteiger partial charge is 0.399 e. The molecule has 0 aliphatic carbocycles. The number of rotatable bonds is 3. The number of hydrogen-bond donors (Lipinski definition) is 1. The van der Waals surface area contributed by atoms with Gasteiger partial charge >= 0.3 is 6.18 Å². The first kappa shape index (κ1) is 15.2. The Morgan fingerprint density at radius 3 is 2.29 bits per heavy atom. The first-order chi connectivity index (χ1) is 9.84. The fraction of sp³-hybridized carbons (Fsp3) is 0.250. The zero-order valence-corrected chi connectivity index (χ0v) is 11.9. The molecule has 0 spiro atoms. The van der Waals surface area contributed by atoms with Crippen LogP contribution in [0.1, 0.15) is 18.1 Å². The van der Waals surface area contributed by atoms with E-state index in [-0.39, 0.29) is 11.4 Å². The molecule has 2 N–H and O–H groups in total. The molecular formula is C16H17F3N2. The lowest BCUT2D eigenvalue weighted by atomic mass is 10.1. The van der Waals surface area contributed by atoms with Gasteiger partial charge in [0, 0.05) is 17.9 Å². The number of anilines is 3. The normalized spacial score (nSPS) is 11.5. The zero-order valence-electron chi connectivity index (χ0n) is 11.9. The number of aryl methyl sites for hydroxylation is 1. The number of nitrogens with two attached hydrogens (primary N) is 1. The highest BCUT2D eigenvalue weighted by atomic mass is 19.4. The zero-order chi connectivity index (χ0) is 15.6. The molecule has 0 radical (unpaired) electrons. The number of para-hydroxylation sites is 1. The highest BCUT2D eigenvalue weighted by molar-refractivity contribution is 5.71. The summed E-state index contributed by atoms with van der Waals surface area (Å²) >= 11 is 0. The summed E-state index contributed by atoms with van der Waals surface area (Å²) in [5.41, 5.74) is 6.70. The molecule has 0 saturated carbocycles. The van der Waals surface area contributed by atoms with Crippen molar-refractivity contribution in [3.8, 4) is 0 Å². The van der Waals surface area contributed by atoms with Gasteiger partial charge in [0.25, 0.3) is 0 Å². The average molecular weight is 294 g/mol. The summed E-state index contributed by atoms with van der Waals surface area (Å²) in [4.78, 5) is 1.65. The number of nitrogen functional groups attached to an aromatic ring is 1. The van der Waals surface area contributed by atoms with Crippen LogP contribution in [0.4, 0.5) is 30.2 Å². The molecule has 5 heteroatoms. The van der Waals surface area contributed by atoms with Gasteiger partial charge in [0.1, 0.15) is 0 Å². The summed E-state index contributed by atoms with van der Waals surface area (Å²) in [5.74, 6) is 0. The monoisotopic (exact) mass is 294 g/mol. The topological polar surface area (TPSA) is 29.3 Å². The Morgan fingerprint density at radius 1 is 1.05 bits per heavy atom. The standard InChI is InChI=1S/C16H17F3N2/c1-3-21(14-7-5-4-6-11(14)2)15-9-8-12(20)10-13(15)16(17,18)19/h4-10H,3,20H2,1-2H3. The van der Waals surface area contributed by atoms with Crippen LogP contribution in [0.3, 0.4) is 0 Å². The van der Waals surface area contributed by atoms with Gasteiger partial charge < -0.3 is 10.6 Å². The van der Waals surface area contributed by atoms with E-state index in [0.29, 0.717) is 6.54 Å². The van der Waals surface area contributed by atoms with Gasteiger partial charge in [-0.2, -0.15) is 13.2 Å². The molecule has 0 aliphatic heterocycles. The maximum absolute atomic E-state index is 13.3. The van der Waals surface area contributed by atoms with Crippen molar-refractivity contribution in [3.05, 3.63) is 53.6 Å². The second kappa shape index (κ2) is 5.68. The molecular weight excluding hydrogens is 277 g/mol. The molecule has 2 nitrogen and oxygen atoms in total. The van der Waals surface area contributed by atoms with Crippen LogP contribution < -0.4 is 10.6 Å². The lowest BCUT2D eigenvalue weighted by molar-refractivity contribution is -0.137. The van der Waals surface area contributed by atoms with Crippen molar-refractivity contribution in [3.63, 3.8) is 0 Å². The summed E-state index contributed by atoms with van der Waals surface area (Å²) in [6.07, 6.45) is -4.44. The molecule has 21 heavy (non-hydrogen) atoms. The molecule has 0 saturated heterocycles. The third-order valence-electron chi connectivity index (χ3n) is 3.34. The Bertz CT molecular complexity index is 636. The summed E-state index contributed by atoms with van der Waals surface area (Å²) in [7, 11) is 0. The highest BCUT2D eigenvalue weighted by Gasteiger charge is 2.35. The molecule has 2 aromatic carbocycles. The van der Waals surface area contributed by atoms with Gasteiger partial charge in [-0.05, 0) is 43.7 Å². The van der Waals surface area contributed by atoms with Crippen molar-refractivity contribution in [2.24, 2.45) is 0 Å². The fourth-order valence-electron chi connectivity index (χ4n) is 2.35. The van der Waals surface area contributed by atoms with Crippen LogP contribution >= 0.6 is 0 Å². The van der Waals surface area contributed by atoms with E-state index in [4.69, 9.17) is 5.73 Å². The van der Waals surface area contributed by atoms with Crippen LogP contribution in [-0.4, -0.2) is 6.54 Å². The lowest BCUT2D eigenvalue weighted by Crippen LogP contribution is -2.21. The lowest BCUT2D eigenvalue weighted by Gasteiger charge is -2.28.